The van der Waals surface area contributed by atoms with Gasteiger partial charge in [0.05, 0.1) is 6.61 Å². The lowest BCUT2D eigenvalue weighted by Crippen LogP contribution is -2.53. The molecule has 1 aromatic heterocycles. The van der Waals surface area contributed by atoms with Gasteiger partial charge < -0.3 is 9.84 Å². The zero-order valence-corrected chi connectivity index (χ0v) is 14.2. The van der Waals surface area contributed by atoms with Gasteiger partial charge in [0.1, 0.15) is 0 Å². The van der Waals surface area contributed by atoms with Gasteiger partial charge in [0.2, 0.25) is 5.88 Å². The summed E-state index contributed by atoms with van der Waals surface area (Å²) in [7, 11) is 0. The van der Waals surface area contributed by atoms with Gasteiger partial charge in [-0.25, -0.2) is 4.98 Å². The molecule has 1 saturated carbocycles. The summed E-state index contributed by atoms with van der Waals surface area (Å²) in [6.45, 7) is 8.32. The van der Waals surface area contributed by atoms with Crippen molar-refractivity contribution in [3.8, 4) is 5.88 Å². The summed E-state index contributed by atoms with van der Waals surface area (Å²) in [4.78, 5) is 9.44. The number of ether oxygens (including phenoxy) is 1. The molecule has 1 aromatic rings. The maximum absolute atomic E-state index is 9.37. The van der Waals surface area contributed by atoms with Crippen molar-refractivity contribution in [2.24, 2.45) is 5.92 Å². The highest BCUT2D eigenvalue weighted by atomic mass is 16.5. The third kappa shape index (κ3) is 4.90. The quantitative estimate of drug-likeness (QED) is 0.791. The standard InChI is InChI=1S/C18H29N3O2/c1-2-23-18-6-5-16(11-19-18)12-20-8-9-21(13-15-3-4-15)17(14-20)7-10-22/h5-6,11,15,17,22H,2-4,7-10,12-14H2,1H3/t17-/m0/s1. The van der Waals surface area contributed by atoms with E-state index in [9.17, 15) is 5.11 Å². The summed E-state index contributed by atoms with van der Waals surface area (Å²) >= 11 is 0. The van der Waals surface area contributed by atoms with Crippen LogP contribution in [0, 0.1) is 5.92 Å². The molecular formula is C18H29N3O2. The minimum atomic E-state index is 0.282. The molecule has 23 heavy (non-hydrogen) atoms. The van der Waals surface area contributed by atoms with Gasteiger partial charge in [0.15, 0.2) is 0 Å². The topological polar surface area (TPSA) is 48.8 Å². The number of aliphatic hydroxyl groups is 1. The fourth-order valence-electron chi connectivity index (χ4n) is 3.39. The van der Waals surface area contributed by atoms with Crippen LogP contribution in [0.25, 0.3) is 0 Å². The molecule has 0 aromatic carbocycles. The van der Waals surface area contributed by atoms with Crippen LogP contribution in [-0.2, 0) is 6.54 Å². The maximum Gasteiger partial charge on any atom is 0.213 e. The van der Waals surface area contributed by atoms with Crippen LogP contribution in [0.3, 0.4) is 0 Å². The average Bonchev–Trinajstić information content (AvgIpc) is 3.36. The molecular weight excluding hydrogens is 290 g/mol. The summed E-state index contributed by atoms with van der Waals surface area (Å²) in [5.41, 5.74) is 1.23. The zero-order valence-electron chi connectivity index (χ0n) is 14.2. The second-order valence-electron chi connectivity index (χ2n) is 6.78. The maximum atomic E-state index is 9.37. The number of hydrogen-bond acceptors (Lipinski definition) is 5. The molecule has 2 fully saturated rings. The third-order valence-corrected chi connectivity index (χ3v) is 4.84. The van der Waals surface area contributed by atoms with E-state index in [0.717, 1.165) is 38.5 Å². The van der Waals surface area contributed by atoms with Crippen molar-refractivity contribution in [1.82, 2.24) is 14.8 Å². The number of aromatic nitrogens is 1. The van der Waals surface area contributed by atoms with E-state index in [2.05, 4.69) is 20.9 Å². The number of hydrogen-bond donors (Lipinski definition) is 1. The van der Waals surface area contributed by atoms with Gasteiger partial charge in [0.25, 0.3) is 0 Å². The monoisotopic (exact) mass is 319 g/mol. The molecule has 0 bridgehead atoms. The first-order valence-corrected chi connectivity index (χ1v) is 8.93. The Balaban J connectivity index is 1.53. The van der Waals surface area contributed by atoms with Crippen LogP contribution in [-0.4, -0.2) is 65.3 Å². The molecule has 1 aliphatic carbocycles. The Bertz CT molecular complexity index is 476. The Hall–Kier alpha value is -1.17. The van der Waals surface area contributed by atoms with Crippen molar-refractivity contribution < 1.29 is 9.84 Å². The first-order valence-electron chi connectivity index (χ1n) is 8.93. The fraction of sp³-hybridized carbons (Fsp3) is 0.722. The summed E-state index contributed by atoms with van der Waals surface area (Å²) in [5, 5.41) is 9.37. The first kappa shape index (κ1) is 16.7. The smallest absolute Gasteiger partial charge is 0.213 e. The van der Waals surface area contributed by atoms with E-state index >= 15 is 0 Å². The summed E-state index contributed by atoms with van der Waals surface area (Å²) in [5.74, 6) is 1.61. The van der Waals surface area contributed by atoms with E-state index < -0.39 is 0 Å². The van der Waals surface area contributed by atoms with Gasteiger partial charge in [-0.1, -0.05) is 6.07 Å². The molecule has 2 heterocycles. The molecule has 2 aliphatic rings. The number of rotatable bonds is 8. The first-order chi connectivity index (χ1) is 11.3. The minimum absolute atomic E-state index is 0.282. The number of nitrogens with zero attached hydrogens (tertiary/aromatic N) is 3. The van der Waals surface area contributed by atoms with Gasteiger partial charge >= 0.3 is 0 Å². The van der Waals surface area contributed by atoms with Crippen LogP contribution in [0.1, 0.15) is 31.7 Å². The molecule has 1 saturated heterocycles. The Morgan fingerprint density at radius 1 is 1.30 bits per heavy atom. The second-order valence-corrected chi connectivity index (χ2v) is 6.78. The van der Waals surface area contributed by atoms with E-state index in [-0.39, 0.29) is 6.61 Å². The van der Waals surface area contributed by atoms with E-state index in [0.29, 0.717) is 18.5 Å². The van der Waals surface area contributed by atoms with Crippen LogP contribution in [0.15, 0.2) is 18.3 Å². The van der Waals surface area contributed by atoms with Crippen LogP contribution < -0.4 is 4.74 Å². The number of aliphatic hydroxyl groups excluding tert-OH is 1. The molecule has 1 aliphatic heterocycles. The summed E-state index contributed by atoms with van der Waals surface area (Å²) < 4.78 is 5.40. The predicted octanol–water partition coefficient (Wildman–Crippen LogP) is 1.76. The van der Waals surface area contributed by atoms with Crippen molar-refractivity contribution in [3.05, 3.63) is 23.9 Å². The fourth-order valence-corrected chi connectivity index (χ4v) is 3.39. The lowest BCUT2D eigenvalue weighted by Gasteiger charge is -2.41. The van der Waals surface area contributed by atoms with E-state index in [1.165, 1.54) is 24.9 Å². The predicted molar refractivity (Wildman–Crippen MR) is 90.5 cm³/mol. The summed E-state index contributed by atoms with van der Waals surface area (Å²) in [6, 6.07) is 4.55. The molecule has 0 unspecified atom stereocenters. The molecule has 0 amide bonds. The molecule has 1 N–H and O–H groups in total. The molecule has 0 radical (unpaired) electrons. The van der Waals surface area contributed by atoms with Gasteiger partial charge in [-0.2, -0.15) is 0 Å². The van der Waals surface area contributed by atoms with Crippen molar-refractivity contribution in [2.45, 2.75) is 38.8 Å². The zero-order chi connectivity index (χ0) is 16.1. The second kappa shape index (κ2) is 8.08. The summed E-state index contributed by atoms with van der Waals surface area (Å²) in [6.07, 6.45) is 5.58. The molecule has 5 heteroatoms. The third-order valence-electron chi connectivity index (χ3n) is 4.84. The van der Waals surface area contributed by atoms with Gasteiger partial charge in [-0.15, -0.1) is 0 Å². The Morgan fingerprint density at radius 2 is 2.17 bits per heavy atom. The van der Waals surface area contributed by atoms with Crippen LogP contribution in [0.2, 0.25) is 0 Å². The highest BCUT2D eigenvalue weighted by Crippen LogP contribution is 2.31. The number of piperazine rings is 1. The van der Waals surface area contributed by atoms with Crippen LogP contribution >= 0.6 is 0 Å². The van der Waals surface area contributed by atoms with Gasteiger partial charge in [-0.05, 0) is 37.7 Å². The van der Waals surface area contributed by atoms with Crippen molar-refractivity contribution in [3.63, 3.8) is 0 Å². The molecule has 3 rings (SSSR count). The highest BCUT2D eigenvalue weighted by Gasteiger charge is 2.31. The highest BCUT2D eigenvalue weighted by molar-refractivity contribution is 5.17. The SMILES string of the molecule is CCOc1ccc(CN2CCN(CC3CC3)[C@@H](CCO)C2)cn1. The lowest BCUT2D eigenvalue weighted by atomic mass is 10.1. The van der Waals surface area contributed by atoms with E-state index in [4.69, 9.17) is 4.74 Å². The van der Waals surface area contributed by atoms with Crippen molar-refractivity contribution in [1.29, 1.82) is 0 Å². The Labute approximate surface area is 139 Å². The van der Waals surface area contributed by atoms with E-state index in [1.54, 1.807) is 0 Å². The average molecular weight is 319 g/mol. The van der Waals surface area contributed by atoms with Gasteiger partial charge in [-0.3, -0.25) is 9.80 Å². The molecule has 1 atom stereocenters. The minimum Gasteiger partial charge on any atom is -0.478 e. The van der Waals surface area contributed by atoms with Crippen molar-refractivity contribution in [2.75, 3.05) is 39.4 Å². The normalized spacial score (nSPS) is 23.1. The largest absolute Gasteiger partial charge is 0.478 e. The van der Waals surface area contributed by atoms with Crippen molar-refractivity contribution >= 4 is 0 Å². The Morgan fingerprint density at radius 3 is 2.83 bits per heavy atom. The van der Waals surface area contributed by atoms with Crippen LogP contribution in [0.4, 0.5) is 0 Å². The molecule has 0 spiro atoms. The lowest BCUT2D eigenvalue weighted by molar-refractivity contribution is 0.0521. The molecule has 128 valence electrons. The Kier molecular flexibility index (Phi) is 5.86. The van der Waals surface area contributed by atoms with Gasteiger partial charge in [0, 0.05) is 57.6 Å². The van der Waals surface area contributed by atoms with Crippen LogP contribution in [0.5, 0.6) is 5.88 Å². The molecule has 5 nitrogen and oxygen atoms in total. The number of pyridine rings is 1. The van der Waals surface area contributed by atoms with E-state index in [1.807, 2.05) is 19.2 Å².